The lowest BCUT2D eigenvalue weighted by Gasteiger charge is -2.14. The first kappa shape index (κ1) is 17.4. The second-order valence-electron chi connectivity index (χ2n) is 5.41. The molecule has 0 radical (unpaired) electrons. The van der Waals surface area contributed by atoms with E-state index in [1.165, 1.54) is 16.7 Å². The highest BCUT2D eigenvalue weighted by atomic mass is 32.2. The summed E-state index contributed by atoms with van der Waals surface area (Å²) in [6.07, 6.45) is 2.02. The van der Waals surface area contributed by atoms with Crippen LogP contribution in [0.1, 0.15) is 12.0 Å². The lowest BCUT2D eigenvalue weighted by atomic mass is 10.2. The van der Waals surface area contributed by atoms with Crippen molar-refractivity contribution in [1.29, 1.82) is 0 Å². The quantitative estimate of drug-likeness (QED) is 0.642. The molecule has 1 heterocycles. The smallest absolute Gasteiger partial charge is 0.266 e. The highest BCUT2D eigenvalue weighted by molar-refractivity contribution is 8.26. The summed E-state index contributed by atoms with van der Waals surface area (Å²) in [5.74, 6) is -0.293. The molecule has 1 aliphatic rings. The van der Waals surface area contributed by atoms with Crippen LogP contribution in [0, 0.1) is 0 Å². The molecule has 3 rings (SSSR count). The Hall–Kier alpha value is -2.44. The fourth-order valence-corrected chi connectivity index (χ4v) is 3.66. The van der Waals surface area contributed by atoms with Crippen LogP contribution in [-0.2, 0) is 9.59 Å². The van der Waals surface area contributed by atoms with E-state index in [9.17, 15) is 9.59 Å². The van der Waals surface area contributed by atoms with Crippen LogP contribution in [-0.4, -0.2) is 27.6 Å². The number of hydrogen-bond donors (Lipinski definition) is 1. The molecule has 0 atom stereocenters. The highest BCUT2D eigenvalue weighted by Crippen LogP contribution is 2.32. The van der Waals surface area contributed by atoms with Crippen molar-refractivity contribution in [2.24, 2.45) is 0 Å². The normalized spacial score (nSPS) is 15.7. The molecule has 2 aromatic carbocycles. The predicted octanol–water partition coefficient (Wildman–Crippen LogP) is 3.92. The number of carbonyl (C=O) groups is 2. The van der Waals surface area contributed by atoms with Gasteiger partial charge in [-0.25, -0.2) is 0 Å². The molecular formula is C19H16N2O2S2. The van der Waals surface area contributed by atoms with Crippen molar-refractivity contribution in [3.8, 4) is 0 Å². The van der Waals surface area contributed by atoms with Crippen molar-refractivity contribution >= 4 is 51.9 Å². The maximum absolute atomic E-state index is 12.5. The summed E-state index contributed by atoms with van der Waals surface area (Å²) in [5.41, 5.74) is 1.69. The third-order valence-electron chi connectivity index (χ3n) is 3.59. The van der Waals surface area contributed by atoms with Crippen molar-refractivity contribution in [2.45, 2.75) is 6.42 Å². The molecule has 4 nitrogen and oxygen atoms in total. The van der Waals surface area contributed by atoms with Crippen LogP contribution in [0.5, 0.6) is 0 Å². The lowest BCUT2D eigenvalue weighted by Crippen LogP contribution is -2.31. The molecule has 1 aliphatic heterocycles. The summed E-state index contributed by atoms with van der Waals surface area (Å²) in [6.45, 7) is 0.273. The van der Waals surface area contributed by atoms with E-state index in [1.807, 2.05) is 66.7 Å². The standard InChI is InChI=1S/C19H16N2O2S2/c22-17(20-15-9-5-2-6-10-15)11-12-21-18(23)16(25-19(21)24)13-14-7-3-1-4-8-14/h1-10,13H,11-12H2,(H,20,22)/b16-13-. The Morgan fingerprint density at radius 1 is 1.08 bits per heavy atom. The van der Waals surface area contributed by atoms with Gasteiger partial charge in [-0.1, -0.05) is 72.5 Å². The largest absolute Gasteiger partial charge is 0.326 e. The van der Waals surface area contributed by atoms with Crippen molar-refractivity contribution in [3.63, 3.8) is 0 Å². The number of nitrogens with zero attached hydrogens (tertiary/aromatic N) is 1. The summed E-state index contributed by atoms with van der Waals surface area (Å²) >= 11 is 6.56. The molecule has 1 N–H and O–H groups in total. The minimum Gasteiger partial charge on any atom is -0.326 e. The van der Waals surface area contributed by atoms with E-state index < -0.39 is 0 Å². The molecule has 2 aromatic rings. The molecule has 1 saturated heterocycles. The third-order valence-corrected chi connectivity index (χ3v) is 4.97. The molecule has 0 aromatic heterocycles. The van der Waals surface area contributed by atoms with Crippen LogP contribution >= 0.6 is 24.0 Å². The van der Waals surface area contributed by atoms with E-state index in [4.69, 9.17) is 12.2 Å². The van der Waals surface area contributed by atoms with Crippen molar-refractivity contribution < 1.29 is 9.59 Å². The fraction of sp³-hybridized carbons (Fsp3) is 0.105. The van der Waals surface area contributed by atoms with E-state index in [1.54, 1.807) is 0 Å². The van der Waals surface area contributed by atoms with Gasteiger partial charge in [0.25, 0.3) is 5.91 Å². The Bertz CT molecular complexity index is 820. The first-order valence-corrected chi connectivity index (χ1v) is 9.01. The molecule has 0 bridgehead atoms. The van der Waals surface area contributed by atoms with Gasteiger partial charge in [-0.05, 0) is 23.8 Å². The summed E-state index contributed by atoms with van der Waals surface area (Å²) in [6, 6.07) is 18.8. The van der Waals surface area contributed by atoms with Gasteiger partial charge in [-0.2, -0.15) is 0 Å². The van der Waals surface area contributed by atoms with Crippen molar-refractivity contribution in [2.75, 3.05) is 11.9 Å². The Morgan fingerprint density at radius 3 is 2.40 bits per heavy atom. The van der Waals surface area contributed by atoms with Gasteiger partial charge in [-0.3, -0.25) is 14.5 Å². The Kier molecular flexibility index (Phi) is 5.63. The number of hydrogen-bond acceptors (Lipinski definition) is 4. The first-order chi connectivity index (χ1) is 12.1. The number of carbonyl (C=O) groups excluding carboxylic acids is 2. The Morgan fingerprint density at radius 2 is 1.72 bits per heavy atom. The van der Waals surface area contributed by atoms with Crippen LogP contribution in [0.15, 0.2) is 65.6 Å². The third kappa shape index (κ3) is 4.55. The Labute approximate surface area is 155 Å². The summed E-state index contributed by atoms with van der Waals surface area (Å²) in [5, 5.41) is 2.80. The van der Waals surface area contributed by atoms with Crippen LogP contribution in [0.25, 0.3) is 6.08 Å². The number of anilines is 1. The number of amides is 2. The SMILES string of the molecule is O=C(CCN1C(=O)/C(=C/c2ccccc2)SC1=S)Nc1ccccc1. The average molecular weight is 368 g/mol. The maximum Gasteiger partial charge on any atom is 0.266 e. The summed E-state index contributed by atoms with van der Waals surface area (Å²) in [4.78, 5) is 26.6. The molecule has 0 spiro atoms. The van der Waals surface area contributed by atoms with Gasteiger partial charge in [0, 0.05) is 18.7 Å². The summed E-state index contributed by atoms with van der Waals surface area (Å²) in [7, 11) is 0. The number of thiocarbonyl (C=S) groups is 1. The fourth-order valence-electron chi connectivity index (χ4n) is 2.35. The zero-order chi connectivity index (χ0) is 17.6. The van der Waals surface area contributed by atoms with E-state index in [0.29, 0.717) is 9.23 Å². The number of para-hydroxylation sites is 1. The number of thioether (sulfide) groups is 1. The van der Waals surface area contributed by atoms with E-state index in [0.717, 1.165) is 11.3 Å². The van der Waals surface area contributed by atoms with Crippen molar-refractivity contribution in [1.82, 2.24) is 4.90 Å². The van der Waals surface area contributed by atoms with E-state index in [2.05, 4.69) is 5.32 Å². The highest BCUT2D eigenvalue weighted by Gasteiger charge is 2.31. The number of rotatable bonds is 5. The zero-order valence-corrected chi connectivity index (χ0v) is 15.0. The minimum atomic E-state index is -0.147. The molecule has 0 saturated carbocycles. The predicted molar refractivity (Wildman–Crippen MR) is 106 cm³/mol. The lowest BCUT2D eigenvalue weighted by molar-refractivity contribution is -0.122. The number of nitrogens with one attached hydrogen (secondary N) is 1. The van der Waals surface area contributed by atoms with Gasteiger partial charge in [0.05, 0.1) is 4.91 Å². The van der Waals surface area contributed by atoms with Gasteiger partial charge < -0.3 is 5.32 Å². The van der Waals surface area contributed by atoms with Crippen LogP contribution in [0.2, 0.25) is 0 Å². The molecule has 6 heteroatoms. The van der Waals surface area contributed by atoms with E-state index in [-0.39, 0.29) is 24.8 Å². The van der Waals surface area contributed by atoms with Gasteiger partial charge >= 0.3 is 0 Å². The zero-order valence-electron chi connectivity index (χ0n) is 13.3. The topological polar surface area (TPSA) is 49.4 Å². The van der Waals surface area contributed by atoms with Gasteiger partial charge in [0.2, 0.25) is 5.91 Å². The first-order valence-electron chi connectivity index (χ1n) is 7.79. The molecule has 126 valence electrons. The minimum absolute atomic E-state index is 0.146. The van der Waals surface area contributed by atoms with E-state index >= 15 is 0 Å². The average Bonchev–Trinajstić information content (AvgIpc) is 2.88. The molecular weight excluding hydrogens is 352 g/mol. The monoisotopic (exact) mass is 368 g/mol. The molecule has 1 fully saturated rings. The van der Waals surface area contributed by atoms with Crippen LogP contribution in [0.4, 0.5) is 5.69 Å². The maximum atomic E-state index is 12.5. The van der Waals surface area contributed by atoms with Gasteiger partial charge in [-0.15, -0.1) is 0 Å². The second kappa shape index (κ2) is 8.09. The Balaban J connectivity index is 1.59. The molecule has 25 heavy (non-hydrogen) atoms. The summed E-state index contributed by atoms with van der Waals surface area (Å²) < 4.78 is 0.486. The van der Waals surface area contributed by atoms with Gasteiger partial charge in [0.1, 0.15) is 4.32 Å². The van der Waals surface area contributed by atoms with Crippen LogP contribution < -0.4 is 5.32 Å². The molecule has 0 unspecified atom stereocenters. The van der Waals surface area contributed by atoms with Crippen LogP contribution in [0.3, 0.4) is 0 Å². The molecule has 0 aliphatic carbocycles. The van der Waals surface area contributed by atoms with Gasteiger partial charge in [0.15, 0.2) is 0 Å². The van der Waals surface area contributed by atoms with Crippen molar-refractivity contribution in [3.05, 3.63) is 71.1 Å². The second-order valence-corrected chi connectivity index (χ2v) is 7.08. The number of benzene rings is 2. The molecule has 2 amide bonds.